The fourth-order valence-corrected chi connectivity index (χ4v) is 1.74. The molecule has 3 N–H and O–H groups in total. The molecular weight excluding hydrogens is 248 g/mol. The summed E-state index contributed by atoms with van der Waals surface area (Å²) in [5.74, 6) is 0.564. The van der Waals surface area contributed by atoms with Gasteiger partial charge in [0.25, 0.3) is 0 Å². The normalized spacial score (nSPS) is 9.78. The number of halogens is 1. The van der Waals surface area contributed by atoms with Gasteiger partial charge in [-0.3, -0.25) is 0 Å². The van der Waals surface area contributed by atoms with Gasteiger partial charge in [-0.05, 0) is 23.8 Å². The van der Waals surface area contributed by atoms with E-state index < -0.39 is 0 Å². The standard InChI is InChI=1S/C13H11ClN4/c14-11-3-1-2-9(4-11)7-17-13-12(16)5-10(6-15)8-18-13/h1-5,8H,7,16H2,(H,17,18). The molecule has 0 amide bonds. The number of pyridine rings is 1. The highest BCUT2D eigenvalue weighted by molar-refractivity contribution is 6.30. The summed E-state index contributed by atoms with van der Waals surface area (Å²) in [6.45, 7) is 0.573. The van der Waals surface area contributed by atoms with E-state index in [1.165, 1.54) is 6.20 Å². The predicted octanol–water partition coefficient (Wildman–Crippen LogP) is 2.80. The quantitative estimate of drug-likeness (QED) is 0.888. The maximum absolute atomic E-state index is 8.71. The van der Waals surface area contributed by atoms with Crippen LogP contribution in [0, 0.1) is 11.3 Å². The number of aromatic nitrogens is 1. The van der Waals surface area contributed by atoms with Gasteiger partial charge in [0, 0.05) is 17.8 Å². The third-order valence-electron chi connectivity index (χ3n) is 2.40. The third-order valence-corrected chi connectivity index (χ3v) is 2.63. The number of rotatable bonds is 3. The molecule has 2 aromatic rings. The predicted molar refractivity (Wildman–Crippen MR) is 72.1 cm³/mol. The number of nitrogens with two attached hydrogens (primary N) is 1. The van der Waals surface area contributed by atoms with Crippen molar-refractivity contribution in [2.75, 3.05) is 11.1 Å². The van der Waals surface area contributed by atoms with Crippen molar-refractivity contribution in [1.82, 2.24) is 4.98 Å². The van der Waals surface area contributed by atoms with Crippen molar-refractivity contribution in [3.8, 4) is 6.07 Å². The van der Waals surface area contributed by atoms with Crippen molar-refractivity contribution >= 4 is 23.1 Å². The van der Waals surface area contributed by atoms with Gasteiger partial charge in [0.2, 0.25) is 0 Å². The molecule has 5 heteroatoms. The summed E-state index contributed by atoms with van der Waals surface area (Å²) in [6.07, 6.45) is 1.48. The summed E-state index contributed by atoms with van der Waals surface area (Å²) < 4.78 is 0. The molecule has 0 saturated heterocycles. The number of nitrogen functional groups attached to an aromatic ring is 1. The van der Waals surface area contributed by atoms with Crippen LogP contribution in [-0.4, -0.2) is 4.98 Å². The first-order chi connectivity index (χ1) is 8.69. The zero-order valence-electron chi connectivity index (χ0n) is 9.52. The van der Waals surface area contributed by atoms with Gasteiger partial charge in [0.1, 0.15) is 11.9 Å². The highest BCUT2D eigenvalue weighted by atomic mass is 35.5. The second-order valence-electron chi connectivity index (χ2n) is 3.76. The minimum Gasteiger partial charge on any atom is -0.396 e. The Morgan fingerprint density at radius 2 is 2.22 bits per heavy atom. The SMILES string of the molecule is N#Cc1cnc(NCc2cccc(Cl)c2)c(N)c1. The van der Waals surface area contributed by atoms with Crippen LogP contribution in [0.25, 0.3) is 0 Å². The first kappa shape index (κ1) is 12.2. The summed E-state index contributed by atoms with van der Waals surface area (Å²) in [4.78, 5) is 4.09. The van der Waals surface area contributed by atoms with Crippen LogP contribution in [0.1, 0.15) is 11.1 Å². The van der Waals surface area contributed by atoms with Gasteiger partial charge < -0.3 is 11.1 Å². The summed E-state index contributed by atoms with van der Waals surface area (Å²) in [7, 11) is 0. The molecule has 0 atom stereocenters. The maximum Gasteiger partial charge on any atom is 0.149 e. The Morgan fingerprint density at radius 1 is 1.39 bits per heavy atom. The molecular formula is C13H11ClN4. The Balaban J connectivity index is 2.09. The lowest BCUT2D eigenvalue weighted by Crippen LogP contribution is -2.04. The number of hydrogen-bond acceptors (Lipinski definition) is 4. The van der Waals surface area contributed by atoms with Crippen LogP contribution < -0.4 is 11.1 Å². The van der Waals surface area contributed by atoms with Crippen molar-refractivity contribution in [2.24, 2.45) is 0 Å². The third kappa shape index (κ3) is 2.90. The molecule has 0 bridgehead atoms. The lowest BCUT2D eigenvalue weighted by molar-refractivity contribution is 1.11. The van der Waals surface area contributed by atoms with E-state index in [2.05, 4.69) is 10.3 Å². The average molecular weight is 259 g/mol. The molecule has 0 spiro atoms. The van der Waals surface area contributed by atoms with E-state index in [1.807, 2.05) is 30.3 Å². The van der Waals surface area contributed by atoms with Gasteiger partial charge in [-0.25, -0.2) is 4.98 Å². The van der Waals surface area contributed by atoms with Gasteiger partial charge in [-0.2, -0.15) is 5.26 Å². The fourth-order valence-electron chi connectivity index (χ4n) is 1.52. The van der Waals surface area contributed by atoms with Crippen LogP contribution >= 0.6 is 11.6 Å². The smallest absolute Gasteiger partial charge is 0.149 e. The van der Waals surface area contributed by atoms with E-state index >= 15 is 0 Å². The van der Waals surface area contributed by atoms with Crippen LogP contribution in [0.2, 0.25) is 5.02 Å². The number of nitrogens with one attached hydrogen (secondary N) is 1. The number of hydrogen-bond donors (Lipinski definition) is 2. The number of nitriles is 1. The molecule has 90 valence electrons. The van der Waals surface area contributed by atoms with Gasteiger partial charge in [0.15, 0.2) is 0 Å². The molecule has 0 saturated carbocycles. The number of nitrogens with zero attached hydrogens (tertiary/aromatic N) is 2. The zero-order chi connectivity index (χ0) is 13.0. The molecule has 18 heavy (non-hydrogen) atoms. The summed E-state index contributed by atoms with van der Waals surface area (Å²) in [5, 5.41) is 12.5. The Bertz CT molecular complexity index is 604. The van der Waals surface area contributed by atoms with Crippen molar-refractivity contribution in [1.29, 1.82) is 5.26 Å². The monoisotopic (exact) mass is 258 g/mol. The Morgan fingerprint density at radius 3 is 2.89 bits per heavy atom. The highest BCUT2D eigenvalue weighted by Gasteiger charge is 2.02. The lowest BCUT2D eigenvalue weighted by Gasteiger charge is -2.08. The molecule has 0 aliphatic rings. The number of benzene rings is 1. The summed E-state index contributed by atoms with van der Waals surface area (Å²) >= 11 is 5.89. The Kier molecular flexibility index (Phi) is 3.66. The first-order valence-electron chi connectivity index (χ1n) is 5.33. The average Bonchev–Trinajstić information content (AvgIpc) is 2.37. The topological polar surface area (TPSA) is 74.7 Å². The maximum atomic E-state index is 8.71. The zero-order valence-corrected chi connectivity index (χ0v) is 10.3. The van der Waals surface area contributed by atoms with Gasteiger partial charge in [0.05, 0.1) is 11.3 Å². The minimum atomic E-state index is 0.445. The molecule has 2 rings (SSSR count). The fraction of sp³-hybridized carbons (Fsp3) is 0.0769. The van der Waals surface area contributed by atoms with Crippen molar-refractivity contribution in [3.63, 3.8) is 0 Å². The van der Waals surface area contributed by atoms with E-state index in [1.54, 1.807) is 6.07 Å². The van der Waals surface area contributed by atoms with Crippen LogP contribution in [0.15, 0.2) is 36.5 Å². The summed E-state index contributed by atoms with van der Waals surface area (Å²) in [6, 6.07) is 11.1. The molecule has 0 aliphatic carbocycles. The van der Waals surface area contributed by atoms with Crippen molar-refractivity contribution in [2.45, 2.75) is 6.54 Å². The molecule has 1 aromatic heterocycles. The number of anilines is 2. The molecule has 1 heterocycles. The van der Waals surface area contributed by atoms with Gasteiger partial charge in [-0.15, -0.1) is 0 Å². The second-order valence-corrected chi connectivity index (χ2v) is 4.19. The molecule has 0 fully saturated rings. The van der Waals surface area contributed by atoms with Crippen LogP contribution in [0.5, 0.6) is 0 Å². The molecule has 0 radical (unpaired) electrons. The van der Waals surface area contributed by atoms with Crippen LogP contribution in [0.3, 0.4) is 0 Å². The van der Waals surface area contributed by atoms with E-state index in [4.69, 9.17) is 22.6 Å². The van der Waals surface area contributed by atoms with E-state index in [9.17, 15) is 0 Å². The highest BCUT2D eigenvalue weighted by Crippen LogP contribution is 2.17. The molecule has 0 unspecified atom stereocenters. The largest absolute Gasteiger partial charge is 0.396 e. The molecule has 1 aromatic carbocycles. The second kappa shape index (κ2) is 5.39. The van der Waals surface area contributed by atoms with Crippen LogP contribution in [-0.2, 0) is 6.54 Å². The Labute approximate surface area is 110 Å². The molecule has 4 nitrogen and oxygen atoms in total. The van der Waals surface area contributed by atoms with Crippen molar-refractivity contribution in [3.05, 3.63) is 52.7 Å². The first-order valence-corrected chi connectivity index (χ1v) is 5.71. The van der Waals surface area contributed by atoms with Gasteiger partial charge >= 0.3 is 0 Å². The van der Waals surface area contributed by atoms with E-state index in [-0.39, 0.29) is 0 Å². The van der Waals surface area contributed by atoms with E-state index in [0.717, 1.165) is 5.56 Å². The Hall–Kier alpha value is -2.25. The van der Waals surface area contributed by atoms with Gasteiger partial charge in [-0.1, -0.05) is 23.7 Å². The minimum absolute atomic E-state index is 0.445. The summed E-state index contributed by atoms with van der Waals surface area (Å²) in [5.41, 5.74) is 7.72. The van der Waals surface area contributed by atoms with Crippen molar-refractivity contribution < 1.29 is 0 Å². The van der Waals surface area contributed by atoms with E-state index in [0.29, 0.717) is 28.6 Å². The van der Waals surface area contributed by atoms with Crippen LogP contribution in [0.4, 0.5) is 11.5 Å². The molecule has 0 aliphatic heterocycles. The lowest BCUT2D eigenvalue weighted by atomic mass is 10.2.